The number of aliphatic hydroxyl groups is 1. The lowest BCUT2D eigenvalue weighted by Gasteiger charge is -2.31. The van der Waals surface area contributed by atoms with Crippen molar-refractivity contribution in [3.63, 3.8) is 0 Å². The monoisotopic (exact) mass is 460 g/mol. The first-order valence-electron chi connectivity index (χ1n) is 11.0. The van der Waals surface area contributed by atoms with E-state index in [0.29, 0.717) is 23.2 Å². The van der Waals surface area contributed by atoms with Crippen LogP contribution >= 0.6 is 0 Å². The van der Waals surface area contributed by atoms with Crippen molar-refractivity contribution in [2.24, 2.45) is 0 Å². The van der Waals surface area contributed by atoms with E-state index in [2.05, 4.69) is 9.97 Å². The fourth-order valence-electron chi connectivity index (χ4n) is 4.23. The van der Waals surface area contributed by atoms with Crippen molar-refractivity contribution in [1.29, 1.82) is 0 Å². The van der Waals surface area contributed by atoms with Gasteiger partial charge in [-0.25, -0.2) is 5.48 Å². The molecule has 2 atom stereocenters. The quantitative estimate of drug-likeness (QED) is 0.162. The molecule has 2 unspecified atom stereocenters. The van der Waals surface area contributed by atoms with Crippen LogP contribution in [0.5, 0.6) is 0 Å². The van der Waals surface area contributed by atoms with Crippen molar-refractivity contribution in [2.75, 3.05) is 0 Å². The molecule has 1 aliphatic rings. The summed E-state index contributed by atoms with van der Waals surface area (Å²) < 4.78 is 0. The standard InChI is InChI=1S/C25H24N4O5/c1-2-3-8-19(24(32)28-34)29-21(18-10-9-15-6-4-5-7-17(15)27-18)20(23(31)25(29)33)22(30)16-11-13-26-14-12-16/h4-7,9-14,19,21,30,34H,2-3,8H2,1H3,(H,28,32)/b22-20+. The maximum absolute atomic E-state index is 13.3. The van der Waals surface area contributed by atoms with Crippen LogP contribution in [0.25, 0.3) is 16.7 Å². The Balaban J connectivity index is 1.94. The van der Waals surface area contributed by atoms with E-state index in [4.69, 9.17) is 0 Å². The van der Waals surface area contributed by atoms with Gasteiger partial charge in [0.2, 0.25) is 0 Å². The molecule has 1 aliphatic heterocycles. The van der Waals surface area contributed by atoms with E-state index in [0.717, 1.165) is 16.7 Å². The summed E-state index contributed by atoms with van der Waals surface area (Å²) in [6.07, 6.45) is 4.43. The van der Waals surface area contributed by atoms with Gasteiger partial charge in [-0.05, 0) is 30.7 Å². The highest BCUT2D eigenvalue weighted by Gasteiger charge is 2.51. The Morgan fingerprint density at radius 1 is 1.12 bits per heavy atom. The van der Waals surface area contributed by atoms with Crippen LogP contribution in [0.2, 0.25) is 0 Å². The van der Waals surface area contributed by atoms with E-state index in [-0.39, 0.29) is 17.8 Å². The number of pyridine rings is 2. The summed E-state index contributed by atoms with van der Waals surface area (Å²) in [4.78, 5) is 48.8. The van der Waals surface area contributed by atoms with Crippen LogP contribution in [0.4, 0.5) is 0 Å². The Morgan fingerprint density at radius 2 is 1.85 bits per heavy atom. The Bertz CT molecular complexity index is 1270. The normalized spacial score (nSPS) is 18.3. The van der Waals surface area contributed by atoms with Crippen molar-refractivity contribution in [3.05, 3.63) is 77.8 Å². The number of aliphatic hydroxyl groups excluding tert-OH is 1. The highest BCUT2D eigenvalue weighted by atomic mass is 16.5. The zero-order valence-corrected chi connectivity index (χ0v) is 18.5. The Hall–Kier alpha value is -4.11. The van der Waals surface area contributed by atoms with Crippen molar-refractivity contribution in [3.8, 4) is 0 Å². The van der Waals surface area contributed by atoms with Crippen LogP contribution in [-0.4, -0.2) is 48.8 Å². The van der Waals surface area contributed by atoms with Gasteiger partial charge in [0.15, 0.2) is 0 Å². The van der Waals surface area contributed by atoms with Crippen molar-refractivity contribution in [1.82, 2.24) is 20.3 Å². The first kappa shape index (κ1) is 23.1. The second-order valence-corrected chi connectivity index (χ2v) is 8.01. The Kier molecular flexibility index (Phi) is 6.65. The van der Waals surface area contributed by atoms with Crippen molar-refractivity contribution >= 4 is 34.3 Å². The number of rotatable bonds is 7. The van der Waals surface area contributed by atoms with Gasteiger partial charge in [-0.2, -0.15) is 0 Å². The number of nitrogens with zero attached hydrogens (tertiary/aromatic N) is 3. The number of hydroxylamine groups is 1. The van der Waals surface area contributed by atoms with Gasteiger partial charge in [-0.1, -0.05) is 44.0 Å². The molecular formula is C25H24N4O5. The number of benzene rings is 1. The Morgan fingerprint density at radius 3 is 2.56 bits per heavy atom. The van der Waals surface area contributed by atoms with Crippen LogP contribution < -0.4 is 5.48 Å². The van der Waals surface area contributed by atoms with Gasteiger partial charge >= 0.3 is 0 Å². The number of carbonyl (C=O) groups excluding carboxylic acids is 3. The molecule has 3 N–H and O–H groups in total. The molecule has 9 nitrogen and oxygen atoms in total. The number of unbranched alkanes of at least 4 members (excludes halogenated alkanes) is 1. The SMILES string of the molecule is CCCCC(C(=O)NO)N1C(=O)C(=O)/C(=C(/O)c2ccncc2)C1c1ccc2ccccc2n1. The van der Waals surface area contributed by atoms with Gasteiger partial charge in [0.25, 0.3) is 17.6 Å². The number of ketones is 1. The molecular weight excluding hydrogens is 436 g/mol. The fraction of sp³-hybridized carbons (Fsp3) is 0.240. The van der Waals surface area contributed by atoms with Gasteiger partial charge in [0.05, 0.1) is 16.8 Å². The number of para-hydroxylation sites is 1. The summed E-state index contributed by atoms with van der Waals surface area (Å²) in [7, 11) is 0. The molecule has 0 spiro atoms. The summed E-state index contributed by atoms with van der Waals surface area (Å²) in [6.45, 7) is 1.92. The third-order valence-corrected chi connectivity index (χ3v) is 5.91. The van der Waals surface area contributed by atoms with Gasteiger partial charge in [0, 0.05) is 23.3 Å². The van der Waals surface area contributed by atoms with Gasteiger partial charge < -0.3 is 10.0 Å². The third-order valence-electron chi connectivity index (χ3n) is 5.91. The molecule has 0 saturated carbocycles. The second kappa shape index (κ2) is 9.80. The Labute approximate surface area is 195 Å². The number of aromatic nitrogens is 2. The molecule has 0 bridgehead atoms. The molecule has 3 aromatic rings. The van der Waals surface area contributed by atoms with Crippen LogP contribution in [0.1, 0.15) is 43.5 Å². The number of fused-ring (bicyclic) bond motifs is 1. The van der Waals surface area contributed by atoms with E-state index < -0.39 is 29.7 Å². The van der Waals surface area contributed by atoms with Gasteiger partial charge in [-0.3, -0.25) is 29.6 Å². The molecule has 4 rings (SSSR count). The lowest BCUT2D eigenvalue weighted by atomic mass is 9.97. The van der Waals surface area contributed by atoms with E-state index in [1.165, 1.54) is 24.5 Å². The molecule has 3 heterocycles. The third kappa shape index (κ3) is 4.13. The molecule has 174 valence electrons. The van der Waals surface area contributed by atoms with Crippen LogP contribution in [-0.2, 0) is 14.4 Å². The molecule has 0 radical (unpaired) electrons. The molecule has 2 amide bonds. The van der Waals surface area contributed by atoms with Gasteiger partial charge in [-0.15, -0.1) is 0 Å². The second-order valence-electron chi connectivity index (χ2n) is 8.01. The highest BCUT2D eigenvalue weighted by molar-refractivity contribution is 6.47. The molecule has 1 aromatic carbocycles. The van der Waals surface area contributed by atoms with Crippen LogP contribution in [0, 0.1) is 0 Å². The summed E-state index contributed by atoms with van der Waals surface area (Å²) in [6, 6.07) is 11.6. The van der Waals surface area contributed by atoms with Crippen LogP contribution in [0.3, 0.4) is 0 Å². The predicted molar refractivity (Wildman–Crippen MR) is 123 cm³/mol. The van der Waals surface area contributed by atoms with Gasteiger partial charge in [0.1, 0.15) is 17.8 Å². The summed E-state index contributed by atoms with van der Waals surface area (Å²) in [5, 5.41) is 21.3. The lowest BCUT2D eigenvalue weighted by molar-refractivity contribution is -0.147. The minimum absolute atomic E-state index is 0.175. The predicted octanol–water partition coefficient (Wildman–Crippen LogP) is 3.12. The minimum Gasteiger partial charge on any atom is -0.507 e. The zero-order chi connectivity index (χ0) is 24.2. The average Bonchev–Trinajstić information content (AvgIpc) is 3.14. The average molecular weight is 460 g/mol. The van der Waals surface area contributed by atoms with E-state index in [9.17, 15) is 24.7 Å². The first-order chi connectivity index (χ1) is 16.5. The smallest absolute Gasteiger partial charge is 0.296 e. The maximum atomic E-state index is 13.3. The zero-order valence-electron chi connectivity index (χ0n) is 18.5. The number of carbonyl (C=O) groups is 3. The molecule has 1 fully saturated rings. The molecule has 34 heavy (non-hydrogen) atoms. The van der Waals surface area contributed by atoms with E-state index in [1.807, 2.05) is 25.1 Å². The van der Waals surface area contributed by atoms with Crippen LogP contribution in [0.15, 0.2) is 66.5 Å². The highest BCUT2D eigenvalue weighted by Crippen LogP contribution is 2.41. The fourth-order valence-corrected chi connectivity index (χ4v) is 4.23. The number of amides is 2. The molecule has 0 aliphatic carbocycles. The largest absolute Gasteiger partial charge is 0.507 e. The summed E-state index contributed by atoms with van der Waals surface area (Å²) >= 11 is 0. The molecule has 9 heteroatoms. The molecule has 2 aromatic heterocycles. The van der Waals surface area contributed by atoms with Crippen molar-refractivity contribution < 1.29 is 24.7 Å². The lowest BCUT2D eigenvalue weighted by Crippen LogP contribution is -2.48. The number of hydrogen-bond acceptors (Lipinski definition) is 7. The number of likely N-dealkylation sites (tertiary alicyclic amines) is 1. The van der Waals surface area contributed by atoms with Crippen molar-refractivity contribution in [2.45, 2.75) is 38.3 Å². The van der Waals surface area contributed by atoms with E-state index >= 15 is 0 Å². The molecule has 1 saturated heterocycles. The maximum Gasteiger partial charge on any atom is 0.296 e. The minimum atomic E-state index is -1.14. The van der Waals surface area contributed by atoms with E-state index in [1.54, 1.807) is 23.7 Å². The first-order valence-corrected chi connectivity index (χ1v) is 11.0. The summed E-state index contributed by atoms with van der Waals surface area (Å²) in [5.74, 6) is -3.08. The number of Topliss-reactive ketones (excluding diaryl/α,β-unsaturated/α-hetero) is 1. The number of hydrogen-bond donors (Lipinski definition) is 3. The summed E-state index contributed by atoms with van der Waals surface area (Å²) in [5.41, 5.74) is 2.69. The topological polar surface area (TPSA) is 133 Å². The number of nitrogens with one attached hydrogen (secondary N) is 1.